The van der Waals surface area contributed by atoms with Gasteiger partial charge in [-0.1, -0.05) is 60.7 Å². The molecule has 2 aliphatic rings. The Balaban J connectivity index is 1.42. The van der Waals surface area contributed by atoms with E-state index in [9.17, 15) is 19.7 Å². The number of carbonyl (C=O) groups is 2. The van der Waals surface area contributed by atoms with Gasteiger partial charge >= 0.3 is 0 Å². The molecule has 4 aromatic rings. The number of benzene rings is 4. The standard InChI is InChI=1S/C27H19N3O5/c31-26-23-24(18-11-13-21(14-12-18)30(33)34)29(20-8-2-1-3-9-20)35-25(23)27(32)28(26)22-15-10-17-6-4-5-7-19(17)16-22/h1-16,23-25H/t23-,24-,25+/m1/s1. The molecule has 4 aromatic carbocycles. The average molecular weight is 465 g/mol. The SMILES string of the molecule is O=C1[C@H]2[C@H](ON(c3ccccc3)[C@@H]2c2ccc([N+](=O)[O-])cc2)C(=O)N1c1ccc2ccccc2c1. The zero-order chi connectivity index (χ0) is 24.1. The number of hydrogen-bond acceptors (Lipinski definition) is 6. The van der Waals surface area contributed by atoms with Gasteiger partial charge < -0.3 is 0 Å². The molecule has 35 heavy (non-hydrogen) atoms. The molecule has 2 saturated heterocycles. The Hall–Kier alpha value is -4.56. The molecule has 0 radical (unpaired) electrons. The van der Waals surface area contributed by atoms with Crippen LogP contribution in [0.5, 0.6) is 0 Å². The Bertz CT molecular complexity index is 1470. The van der Waals surface area contributed by atoms with Gasteiger partial charge in [-0.3, -0.25) is 24.5 Å². The highest BCUT2D eigenvalue weighted by atomic mass is 16.7. The summed E-state index contributed by atoms with van der Waals surface area (Å²) >= 11 is 0. The van der Waals surface area contributed by atoms with E-state index >= 15 is 0 Å². The van der Waals surface area contributed by atoms with Crippen molar-refractivity contribution in [3.05, 3.63) is 113 Å². The molecule has 2 aliphatic heterocycles. The van der Waals surface area contributed by atoms with Gasteiger partial charge in [0.05, 0.1) is 22.3 Å². The molecule has 0 bridgehead atoms. The number of nitro groups is 1. The number of nitrogens with zero attached hydrogens (tertiary/aromatic N) is 3. The number of imide groups is 1. The second-order valence-electron chi connectivity index (χ2n) is 8.55. The van der Waals surface area contributed by atoms with E-state index in [1.54, 1.807) is 23.3 Å². The summed E-state index contributed by atoms with van der Waals surface area (Å²) in [4.78, 5) is 45.3. The van der Waals surface area contributed by atoms with Gasteiger partial charge in [0.25, 0.3) is 11.6 Å². The molecular formula is C27H19N3O5. The summed E-state index contributed by atoms with van der Waals surface area (Å²) in [7, 11) is 0. The molecule has 8 nitrogen and oxygen atoms in total. The van der Waals surface area contributed by atoms with E-state index in [1.165, 1.54) is 17.0 Å². The van der Waals surface area contributed by atoms with Crippen molar-refractivity contribution in [1.82, 2.24) is 0 Å². The minimum absolute atomic E-state index is 0.0536. The molecule has 172 valence electrons. The summed E-state index contributed by atoms with van der Waals surface area (Å²) < 4.78 is 0. The number of non-ortho nitro benzene ring substituents is 1. The third-order valence-corrected chi connectivity index (χ3v) is 6.56. The molecule has 0 spiro atoms. The lowest BCUT2D eigenvalue weighted by Crippen LogP contribution is -2.37. The van der Waals surface area contributed by atoms with E-state index in [0.29, 0.717) is 16.9 Å². The van der Waals surface area contributed by atoms with Gasteiger partial charge in [0.2, 0.25) is 5.91 Å². The number of carbonyl (C=O) groups excluding carboxylic acids is 2. The maximum absolute atomic E-state index is 13.8. The van der Waals surface area contributed by atoms with Gasteiger partial charge in [-0.25, -0.2) is 9.96 Å². The van der Waals surface area contributed by atoms with Crippen LogP contribution in [-0.4, -0.2) is 22.8 Å². The molecule has 2 amide bonds. The predicted octanol–water partition coefficient (Wildman–Crippen LogP) is 4.80. The van der Waals surface area contributed by atoms with E-state index in [2.05, 4.69) is 0 Å². The Morgan fingerprint density at radius 3 is 2.14 bits per heavy atom. The number of amides is 2. The van der Waals surface area contributed by atoms with Crippen molar-refractivity contribution in [2.24, 2.45) is 5.92 Å². The first-order chi connectivity index (χ1) is 17.0. The van der Waals surface area contributed by atoms with Crippen molar-refractivity contribution in [1.29, 1.82) is 0 Å². The van der Waals surface area contributed by atoms with Crippen molar-refractivity contribution >= 4 is 39.6 Å². The van der Waals surface area contributed by atoms with E-state index in [4.69, 9.17) is 4.84 Å². The largest absolute Gasteiger partial charge is 0.273 e. The number of hydroxylamine groups is 1. The van der Waals surface area contributed by atoms with Gasteiger partial charge in [0, 0.05) is 12.1 Å². The van der Waals surface area contributed by atoms with Crippen LogP contribution >= 0.6 is 0 Å². The van der Waals surface area contributed by atoms with Crippen molar-refractivity contribution in [2.45, 2.75) is 12.1 Å². The second-order valence-corrected chi connectivity index (χ2v) is 8.55. The molecule has 0 N–H and O–H groups in total. The Morgan fingerprint density at radius 1 is 0.743 bits per heavy atom. The van der Waals surface area contributed by atoms with Crippen LogP contribution in [-0.2, 0) is 14.4 Å². The molecule has 3 atom stereocenters. The van der Waals surface area contributed by atoms with Crippen molar-refractivity contribution in [2.75, 3.05) is 9.96 Å². The summed E-state index contributed by atoms with van der Waals surface area (Å²) in [6.07, 6.45) is -1.01. The van der Waals surface area contributed by atoms with Crippen LogP contribution < -0.4 is 9.96 Å². The molecule has 6 rings (SSSR count). The minimum atomic E-state index is -1.01. The van der Waals surface area contributed by atoms with Crippen LogP contribution in [0, 0.1) is 16.0 Å². The molecule has 2 fully saturated rings. The van der Waals surface area contributed by atoms with Crippen molar-refractivity contribution < 1.29 is 19.3 Å². The number of nitro benzene ring substituents is 1. The molecule has 2 heterocycles. The third kappa shape index (κ3) is 3.34. The van der Waals surface area contributed by atoms with Crippen molar-refractivity contribution in [3.8, 4) is 0 Å². The van der Waals surface area contributed by atoms with E-state index < -0.39 is 28.9 Å². The highest BCUT2D eigenvalue weighted by Crippen LogP contribution is 2.47. The first-order valence-corrected chi connectivity index (χ1v) is 11.1. The van der Waals surface area contributed by atoms with Crippen LogP contribution in [0.1, 0.15) is 11.6 Å². The normalized spacial score (nSPS) is 21.5. The topological polar surface area (TPSA) is 93.0 Å². The first kappa shape index (κ1) is 21.0. The van der Waals surface area contributed by atoms with Crippen LogP contribution in [0.25, 0.3) is 10.8 Å². The molecule has 0 aromatic heterocycles. The number of hydrogen-bond donors (Lipinski definition) is 0. The second kappa shape index (κ2) is 8.03. The van der Waals surface area contributed by atoms with Gasteiger partial charge in [-0.15, -0.1) is 0 Å². The van der Waals surface area contributed by atoms with Gasteiger partial charge in [-0.2, -0.15) is 0 Å². The highest BCUT2D eigenvalue weighted by molar-refractivity contribution is 6.24. The predicted molar refractivity (Wildman–Crippen MR) is 130 cm³/mol. The van der Waals surface area contributed by atoms with E-state index in [-0.39, 0.29) is 11.6 Å². The highest BCUT2D eigenvalue weighted by Gasteiger charge is 2.60. The van der Waals surface area contributed by atoms with Gasteiger partial charge in [-0.05, 0) is 40.6 Å². The van der Waals surface area contributed by atoms with Crippen LogP contribution in [0.2, 0.25) is 0 Å². The average Bonchev–Trinajstić information content (AvgIpc) is 3.40. The van der Waals surface area contributed by atoms with Crippen LogP contribution in [0.15, 0.2) is 97.1 Å². The Morgan fingerprint density at radius 2 is 1.43 bits per heavy atom. The fourth-order valence-electron chi connectivity index (χ4n) is 4.92. The number of fused-ring (bicyclic) bond motifs is 2. The van der Waals surface area contributed by atoms with E-state index in [1.807, 2.05) is 66.7 Å². The maximum Gasteiger partial charge on any atom is 0.269 e. The van der Waals surface area contributed by atoms with Gasteiger partial charge in [0.1, 0.15) is 5.92 Å². The third-order valence-electron chi connectivity index (χ3n) is 6.56. The Labute approximate surface area is 200 Å². The zero-order valence-electron chi connectivity index (χ0n) is 18.4. The Kier molecular flexibility index (Phi) is 4.82. The molecule has 0 unspecified atom stereocenters. The fourth-order valence-corrected chi connectivity index (χ4v) is 4.92. The number of para-hydroxylation sites is 1. The summed E-state index contributed by atoms with van der Waals surface area (Å²) in [5.41, 5.74) is 1.77. The lowest BCUT2D eigenvalue weighted by atomic mass is 9.90. The number of rotatable bonds is 4. The molecule has 0 aliphatic carbocycles. The maximum atomic E-state index is 13.8. The minimum Gasteiger partial charge on any atom is -0.273 e. The first-order valence-electron chi connectivity index (χ1n) is 11.1. The van der Waals surface area contributed by atoms with Gasteiger partial charge in [0.15, 0.2) is 6.10 Å². The van der Waals surface area contributed by atoms with Crippen LogP contribution in [0.4, 0.5) is 17.1 Å². The molecular weight excluding hydrogens is 446 g/mol. The smallest absolute Gasteiger partial charge is 0.269 e. The summed E-state index contributed by atoms with van der Waals surface area (Å²) in [6, 6.07) is 27.8. The number of anilines is 2. The summed E-state index contributed by atoms with van der Waals surface area (Å²) in [6.45, 7) is 0. The quantitative estimate of drug-likeness (QED) is 0.244. The monoisotopic (exact) mass is 465 g/mol. The summed E-state index contributed by atoms with van der Waals surface area (Å²) in [5.74, 6) is -1.60. The molecule has 8 heteroatoms. The van der Waals surface area contributed by atoms with E-state index in [0.717, 1.165) is 10.8 Å². The lowest BCUT2D eigenvalue weighted by Gasteiger charge is -2.28. The lowest BCUT2D eigenvalue weighted by molar-refractivity contribution is -0.384. The zero-order valence-corrected chi connectivity index (χ0v) is 18.4. The molecule has 0 saturated carbocycles. The van der Waals surface area contributed by atoms with Crippen molar-refractivity contribution in [3.63, 3.8) is 0 Å². The van der Waals surface area contributed by atoms with Crippen LogP contribution in [0.3, 0.4) is 0 Å². The summed E-state index contributed by atoms with van der Waals surface area (Å²) in [5, 5.41) is 14.7. The fraction of sp³-hybridized carbons (Fsp3) is 0.111.